The van der Waals surface area contributed by atoms with Gasteiger partial charge in [0.1, 0.15) is 18.2 Å². The molecule has 1 aromatic carbocycles. The molecule has 14 heavy (non-hydrogen) atoms. The van der Waals surface area contributed by atoms with Gasteiger partial charge < -0.3 is 9.47 Å². The minimum Gasteiger partial charge on any atom is -0.491 e. The first kappa shape index (κ1) is 9.46. The maximum absolute atomic E-state index is 12.8. The molecule has 0 amide bonds. The number of ether oxygens (including phenoxy) is 2. The van der Waals surface area contributed by atoms with Gasteiger partial charge in [0.25, 0.3) is 0 Å². The van der Waals surface area contributed by atoms with Crippen LogP contribution in [0.25, 0.3) is 0 Å². The summed E-state index contributed by atoms with van der Waals surface area (Å²) in [7, 11) is 0. The molecule has 0 radical (unpaired) electrons. The van der Waals surface area contributed by atoms with Gasteiger partial charge in [-0.15, -0.1) is 0 Å². The first-order valence-corrected chi connectivity index (χ1v) is 4.84. The van der Waals surface area contributed by atoms with Gasteiger partial charge in [-0.2, -0.15) is 0 Å². The highest BCUT2D eigenvalue weighted by Crippen LogP contribution is 2.16. The lowest BCUT2D eigenvalue weighted by Crippen LogP contribution is -2.16. The molecule has 0 aliphatic carbocycles. The minimum atomic E-state index is -0.269. The lowest BCUT2D eigenvalue weighted by molar-refractivity contribution is 0.0678. The van der Waals surface area contributed by atoms with Gasteiger partial charge in [-0.25, -0.2) is 4.39 Å². The second-order valence-corrected chi connectivity index (χ2v) is 3.40. The largest absolute Gasteiger partial charge is 0.491 e. The van der Waals surface area contributed by atoms with Crippen LogP contribution in [0.15, 0.2) is 24.3 Å². The molecule has 1 saturated heterocycles. The molecule has 2 nitrogen and oxygen atoms in total. The molecule has 3 heteroatoms. The summed E-state index contributed by atoms with van der Waals surface area (Å²) in [5.74, 6) is 0.301. The monoisotopic (exact) mass is 196 g/mol. The van der Waals surface area contributed by atoms with Crippen LogP contribution in [-0.2, 0) is 4.74 Å². The highest BCUT2D eigenvalue weighted by atomic mass is 19.1. The lowest BCUT2D eigenvalue weighted by Gasteiger charge is -2.11. The number of hydrogen-bond donors (Lipinski definition) is 0. The summed E-state index contributed by atoms with van der Waals surface area (Å²) < 4.78 is 23.5. The van der Waals surface area contributed by atoms with E-state index in [4.69, 9.17) is 9.47 Å². The van der Waals surface area contributed by atoms with Crippen molar-refractivity contribution in [1.29, 1.82) is 0 Å². The molecular formula is C11H13FO2. The Bertz CT molecular complexity index is 295. The Balaban J connectivity index is 1.85. The Morgan fingerprint density at radius 2 is 2.43 bits per heavy atom. The summed E-state index contributed by atoms with van der Waals surface area (Å²) in [5, 5.41) is 0. The SMILES string of the molecule is Fc1cccc(OCC2CCCO2)c1. The first-order valence-electron chi connectivity index (χ1n) is 4.84. The van der Waals surface area contributed by atoms with Crippen LogP contribution in [0, 0.1) is 5.82 Å². The van der Waals surface area contributed by atoms with Gasteiger partial charge in [0, 0.05) is 12.7 Å². The van der Waals surface area contributed by atoms with E-state index in [1.165, 1.54) is 12.1 Å². The molecule has 0 N–H and O–H groups in total. The van der Waals surface area contributed by atoms with Gasteiger partial charge in [0.15, 0.2) is 0 Å². The van der Waals surface area contributed by atoms with Gasteiger partial charge in [-0.05, 0) is 25.0 Å². The van der Waals surface area contributed by atoms with E-state index in [0.29, 0.717) is 12.4 Å². The minimum absolute atomic E-state index is 0.179. The normalized spacial score (nSPS) is 21.1. The van der Waals surface area contributed by atoms with Crippen molar-refractivity contribution < 1.29 is 13.9 Å². The van der Waals surface area contributed by atoms with Crippen molar-refractivity contribution in [3.8, 4) is 5.75 Å². The van der Waals surface area contributed by atoms with Gasteiger partial charge >= 0.3 is 0 Å². The fourth-order valence-corrected chi connectivity index (χ4v) is 1.52. The zero-order valence-electron chi connectivity index (χ0n) is 7.91. The second kappa shape index (κ2) is 4.42. The quantitative estimate of drug-likeness (QED) is 0.739. The van der Waals surface area contributed by atoms with E-state index in [1.54, 1.807) is 12.1 Å². The molecule has 0 saturated carbocycles. The molecule has 76 valence electrons. The average Bonchev–Trinajstić information content (AvgIpc) is 2.67. The standard InChI is InChI=1S/C11H13FO2/c12-9-3-1-4-10(7-9)14-8-11-5-2-6-13-11/h1,3-4,7,11H,2,5-6,8H2. The Morgan fingerprint density at radius 1 is 1.50 bits per heavy atom. The molecule has 0 spiro atoms. The van der Waals surface area contributed by atoms with Gasteiger partial charge in [0.2, 0.25) is 0 Å². The van der Waals surface area contributed by atoms with Crippen LogP contribution in [0.2, 0.25) is 0 Å². The molecule has 1 aliphatic rings. The third kappa shape index (κ3) is 2.45. The van der Waals surface area contributed by atoms with Crippen molar-refractivity contribution in [2.45, 2.75) is 18.9 Å². The fraction of sp³-hybridized carbons (Fsp3) is 0.455. The summed E-state index contributed by atoms with van der Waals surface area (Å²) in [5.41, 5.74) is 0. The Kier molecular flexibility index (Phi) is 2.99. The van der Waals surface area contributed by atoms with Gasteiger partial charge in [0.05, 0.1) is 6.10 Å². The van der Waals surface area contributed by atoms with Gasteiger partial charge in [-0.3, -0.25) is 0 Å². The predicted octanol–water partition coefficient (Wildman–Crippen LogP) is 2.38. The molecule has 1 aromatic rings. The van der Waals surface area contributed by atoms with E-state index in [0.717, 1.165) is 19.4 Å². The number of halogens is 1. The zero-order valence-corrected chi connectivity index (χ0v) is 7.91. The van der Waals surface area contributed by atoms with Crippen LogP contribution in [0.3, 0.4) is 0 Å². The summed E-state index contributed by atoms with van der Waals surface area (Å²) in [6.45, 7) is 1.33. The highest BCUT2D eigenvalue weighted by Gasteiger charge is 2.15. The molecule has 0 aromatic heterocycles. The maximum atomic E-state index is 12.8. The van der Waals surface area contributed by atoms with Crippen molar-refractivity contribution in [1.82, 2.24) is 0 Å². The van der Waals surface area contributed by atoms with Crippen molar-refractivity contribution in [2.75, 3.05) is 13.2 Å². The molecule has 1 fully saturated rings. The Labute approximate surface area is 82.6 Å². The van der Waals surface area contributed by atoms with Crippen LogP contribution in [0.4, 0.5) is 4.39 Å². The number of hydrogen-bond acceptors (Lipinski definition) is 2. The van der Waals surface area contributed by atoms with Crippen LogP contribution in [-0.4, -0.2) is 19.3 Å². The Morgan fingerprint density at radius 3 is 3.14 bits per heavy atom. The molecule has 1 heterocycles. The summed E-state index contributed by atoms with van der Waals surface area (Å²) in [4.78, 5) is 0. The molecular weight excluding hydrogens is 183 g/mol. The lowest BCUT2D eigenvalue weighted by atomic mass is 10.2. The second-order valence-electron chi connectivity index (χ2n) is 3.40. The predicted molar refractivity (Wildman–Crippen MR) is 50.9 cm³/mol. The zero-order chi connectivity index (χ0) is 9.80. The summed E-state index contributed by atoms with van der Waals surface area (Å²) in [6.07, 6.45) is 2.31. The number of benzene rings is 1. The summed E-state index contributed by atoms with van der Waals surface area (Å²) in [6, 6.07) is 6.17. The molecule has 2 rings (SSSR count). The molecule has 1 atom stereocenters. The topological polar surface area (TPSA) is 18.5 Å². The fourth-order valence-electron chi connectivity index (χ4n) is 1.52. The molecule has 1 unspecified atom stereocenters. The van der Waals surface area contributed by atoms with Crippen molar-refractivity contribution >= 4 is 0 Å². The van der Waals surface area contributed by atoms with Crippen LogP contribution >= 0.6 is 0 Å². The van der Waals surface area contributed by atoms with E-state index < -0.39 is 0 Å². The van der Waals surface area contributed by atoms with E-state index in [-0.39, 0.29) is 11.9 Å². The summed E-state index contributed by atoms with van der Waals surface area (Å²) >= 11 is 0. The third-order valence-electron chi connectivity index (χ3n) is 2.26. The molecule has 0 bridgehead atoms. The van der Waals surface area contributed by atoms with E-state index in [1.807, 2.05) is 0 Å². The van der Waals surface area contributed by atoms with E-state index in [2.05, 4.69) is 0 Å². The maximum Gasteiger partial charge on any atom is 0.126 e. The van der Waals surface area contributed by atoms with Crippen molar-refractivity contribution in [2.24, 2.45) is 0 Å². The molecule has 1 aliphatic heterocycles. The average molecular weight is 196 g/mol. The van der Waals surface area contributed by atoms with Crippen molar-refractivity contribution in [3.05, 3.63) is 30.1 Å². The van der Waals surface area contributed by atoms with Gasteiger partial charge in [-0.1, -0.05) is 6.07 Å². The Hall–Kier alpha value is -1.09. The van der Waals surface area contributed by atoms with Crippen LogP contribution in [0.1, 0.15) is 12.8 Å². The van der Waals surface area contributed by atoms with Crippen LogP contribution in [0.5, 0.6) is 5.75 Å². The third-order valence-corrected chi connectivity index (χ3v) is 2.26. The van der Waals surface area contributed by atoms with Crippen molar-refractivity contribution in [3.63, 3.8) is 0 Å². The van der Waals surface area contributed by atoms with Crippen LogP contribution < -0.4 is 4.74 Å². The highest BCUT2D eigenvalue weighted by molar-refractivity contribution is 5.22. The van der Waals surface area contributed by atoms with E-state index >= 15 is 0 Å². The first-order chi connectivity index (χ1) is 6.84. The van der Waals surface area contributed by atoms with E-state index in [9.17, 15) is 4.39 Å². The number of rotatable bonds is 3. The smallest absolute Gasteiger partial charge is 0.126 e.